The van der Waals surface area contributed by atoms with Gasteiger partial charge in [-0.1, -0.05) is 65.8 Å². The van der Waals surface area contributed by atoms with E-state index < -0.39 is 37.6 Å². The molecule has 0 spiro atoms. The van der Waals surface area contributed by atoms with Crippen LogP contribution in [0.5, 0.6) is 0 Å². The van der Waals surface area contributed by atoms with Gasteiger partial charge in [0, 0.05) is 25.0 Å². The summed E-state index contributed by atoms with van der Waals surface area (Å²) >= 11 is 5.11. The number of nitrogens with one attached hydrogen (secondary N) is 1. The highest BCUT2D eigenvalue weighted by Gasteiger charge is 2.42. The predicted molar refractivity (Wildman–Crippen MR) is 208 cm³/mol. The molecule has 2 aromatic carbocycles. The van der Waals surface area contributed by atoms with Crippen LogP contribution >= 0.6 is 11.6 Å². The number of benzene rings is 2. The molecule has 2 atom stereocenters. The zero-order valence-electron chi connectivity index (χ0n) is 32.3. The maximum absolute atomic E-state index is 12.9. The second kappa shape index (κ2) is 18.5. The largest absolute Gasteiger partial charge is 0.415 e. The predicted octanol–water partition coefficient (Wildman–Crippen LogP) is 8.01. The maximum Gasteiger partial charge on any atom is 0.282 e. The van der Waals surface area contributed by atoms with Crippen LogP contribution in [0.3, 0.4) is 0 Å². The first-order valence-corrected chi connectivity index (χ1v) is 23.6. The Morgan fingerprint density at radius 2 is 1.25 bits per heavy atom. The third kappa shape index (κ3) is 12.6. The van der Waals surface area contributed by atoms with Gasteiger partial charge in [0.05, 0.1) is 35.1 Å². The number of para-hydroxylation sites is 2. The first-order chi connectivity index (χ1) is 24.3. The normalized spacial score (nSPS) is 17.6. The number of nitrogens with zero attached hydrogens (tertiary/aromatic N) is 3. The number of likely N-dealkylation sites (tertiary alicyclic amines) is 1. The van der Waals surface area contributed by atoms with Crippen molar-refractivity contribution in [2.24, 2.45) is 0 Å². The number of amides is 3. The molecule has 0 radical (unpaired) electrons. The summed E-state index contributed by atoms with van der Waals surface area (Å²) in [6.45, 7) is 22.7. The Hall–Kier alpha value is -3.84. The van der Waals surface area contributed by atoms with Crippen molar-refractivity contribution in [3.63, 3.8) is 0 Å². The van der Waals surface area contributed by atoms with Crippen molar-refractivity contribution >= 4 is 62.6 Å². The number of imide groups is 1. The zero-order chi connectivity index (χ0) is 40.5. The van der Waals surface area contributed by atoms with Crippen LogP contribution in [0.2, 0.25) is 36.3 Å². The van der Waals surface area contributed by atoms with E-state index in [4.69, 9.17) is 20.5 Å². The molecule has 53 heavy (non-hydrogen) atoms. The molecule has 2 saturated heterocycles. The van der Waals surface area contributed by atoms with Crippen LogP contribution in [0.25, 0.3) is 0 Å². The van der Waals surface area contributed by atoms with Crippen molar-refractivity contribution in [1.29, 1.82) is 0 Å². The Bertz CT molecular complexity index is 1640. The van der Waals surface area contributed by atoms with Gasteiger partial charge in [-0.3, -0.25) is 44.3 Å². The zero-order valence-corrected chi connectivity index (χ0v) is 35.1. The van der Waals surface area contributed by atoms with Crippen molar-refractivity contribution in [2.75, 3.05) is 13.2 Å². The number of carbonyl (C=O) groups is 4. The first-order valence-electron chi connectivity index (χ1n) is 17.4. The van der Waals surface area contributed by atoms with Crippen molar-refractivity contribution < 1.29 is 37.9 Å². The van der Waals surface area contributed by atoms with E-state index in [0.29, 0.717) is 19.4 Å². The molecule has 2 aliphatic heterocycles. The van der Waals surface area contributed by atoms with Crippen LogP contribution in [0.1, 0.15) is 87.9 Å². The molecule has 14 nitrogen and oxygen atoms in total. The molecular weight excluding hydrogens is 740 g/mol. The van der Waals surface area contributed by atoms with Gasteiger partial charge in [0.25, 0.3) is 22.5 Å². The quantitative estimate of drug-likeness (QED) is 0.0811. The Kier molecular flexibility index (Phi) is 15.8. The fraction of sp³-hybridized carbons (Fsp3) is 0.556. The summed E-state index contributed by atoms with van der Waals surface area (Å²) in [6.07, 6.45) is 2.34. The number of hydrogen-bond acceptors (Lipinski definition) is 10. The van der Waals surface area contributed by atoms with E-state index in [1.54, 1.807) is 6.07 Å². The van der Waals surface area contributed by atoms with Gasteiger partial charge in [-0.15, -0.1) is 0 Å². The van der Waals surface area contributed by atoms with Crippen LogP contribution in [0.15, 0.2) is 48.5 Å². The molecule has 3 amide bonds. The molecule has 0 aliphatic carbocycles. The molecule has 17 heteroatoms. The molecule has 4 rings (SSSR count). The second-order valence-corrected chi connectivity index (χ2v) is 26.0. The van der Waals surface area contributed by atoms with Crippen molar-refractivity contribution in [1.82, 2.24) is 10.2 Å². The minimum absolute atomic E-state index is 0.0165. The summed E-state index contributed by atoms with van der Waals surface area (Å²) in [7, 11) is -3.67. The van der Waals surface area contributed by atoms with Gasteiger partial charge in [0.15, 0.2) is 16.6 Å². The Labute approximate surface area is 318 Å². The number of nitro groups is 2. The number of carbonyl (C=O) groups excluding carboxylic acids is 4. The molecule has 2 heterocycles. The number of hydrogen-bond donors (Lipinski definition) is 1. The third-order valence-corrected chi connectivity index (χ3v) is 19.4. The molecule has 292 valence electrons. The maximum atomic E-state index is 12.9. The number of nitro benzene ring substituents is 2. The average Bonchev–Trinajstić information content (AvgIpc) is 3.66. The Balaban J connectivity index is 0.000000304. The topological polar surface area (TPSA) is 188 Å². The van der Waals surface area contributed by atoms with E-state index in [1.165, 1.54) is 42.5 Å². The highest BCUT2D eigenvalue weighted by Crippen LogP contribution is 2.38. The van der Waals surface area contributed by atoms with Crippen LogP contribution in [0, 0.1) is 20.2 Å². The van der Waals surface area contributed by atoms with Crippen LogP contribution in [-0.2, 0) is 18.4 Å². The highest BCUT2D eigenvalue weighted by molar-refractivity contribution is 6.74. The Morgan fingerprint density at radius 1 is 0.792 bits per heavy atom. The summed E-state index contributed by atoms with van der Waals surface area (Å²) in [6, 6.07) is 11.1. The first kappa shape index (κ1) is 45.3. The SMILES string of the molecule is CC(C)(C)[Si](C)(C)OC[C@@H]1CCC(=O)N1.CC(C)(C)[Si](C)(C)OC[C@@H]1CCC(=O)N1C(=O)c1ccccc1[N+](=O)[O-].O=C(Cl)c1ccccc1[N+](=O)[O-]. The van der Waals surface area contributed by atoms with Crippen LogP contribution in [0.4, 0.5) is 11.4 Å². The molecule has 0 saturated carbocycles. The molecule has 0 unspecified atom stereocenters. The van der Waals surface area contributed by atoms with E-state index in [1.807, 2.05) is 0 Å². The second-order valence-electron chi connectivity index (χ2n) is 16.0. The minimum atomic E-state index is -2.02. The molecular formula is C36H53ClN4O10Si2. The molecule has 1 N–H and O–H groups in total. The standard InChI is InChI=1S/C18H26N2O5Si.C11H23NO2Si.C7H4ClNO3/c1-18(2,3)26(4,5)25-12-13-10-11-16(21)19(13)17(22)14-8-6-7-9-15(14)20(23)24;1-11(2,3)15(4,5)14-8-9-6-7-10(13)12-9;8-7(10)5-3-1-2-4-6(5)9(11)12/h6-9,13H,10-12H2,1-5H3;9H,6-8H2,1-5H3,(H,12,13);1-4H/t13-;9-;/m00./s1. The molecule has 2 aromatic rings. The van der Waals surface area contributed by atoms with E-state index >= 15 is 0 Å². The summed E-state index contributed by atoms with van der Waals surface area (Å²) < 4.78 is 12.2. The molecule has 2 aliphatic rings. The fourth-order valence-electron chi connectivity index (χ4n) is 4.77. The lowest BCUT2D eigenvalue weighted by atomic mass is 10.1. The van der Waals surface area contributed by atoms with Gasteiger partial charge < -0.3 is 14.2 Å². The average molecular weight is 793 g/mol. The summed E-state index contributed by atoms with van der Waals surface area (Å²) in [5, 5.41) is 23.9. The highest BCUT2D eigenvalue weighted by atomic mass is 35.5. The number of rotatable bonds is 10. The number of halogens is 1. The van der Waals surface area contributed by atoms with Crippen LogP contribution < -0.4 is 5.32 Å². The van der Waals surface area contributed by atoms with Gasteiger partial charge in [0.2, 0.25) is 11.8 Å². The van der Waals surface area contributed by atoms with Crippen molar-refractivity contribution in [2.45, 2.75) is 116 Å². The van der Waals surface area contributed by atoms with E-state index in [2.05, 4.69) is 73.0 Å². The van der Waals surface area contributed by atoms with Gasteiger partial charge in [0.1, 0.15) is 11.1 Å². The lowest BCUT2D eigenvalue weighted by Gasteiger charge is -2.37. The lowest BCUT2D eigenvalue weighted by molar-refractivity contribution is -0.385. The lowest BCUT2D eigenvalue weighted by Crippen LogP contribution is -2.47. The smallest absolute Gasteiger partial charge is 0.282 e. The molecule has 0 aromatic heterocycles. The van der Waals surface area contributed by atoms with Gasteiger partial charge in [-0.25, -0.2) is 0 Å². The Morgan fingerprint density at radius 3 is 1.66 bits per heavy atom. The minimum Gasteiger partial charge on any atom is -0.415 e. The van der Waals surface area contributed by atoms with Crippen molar-refractivity contribution in [3.05, 3.63) is 79.9 Å². The van der Waals surface area contributed by atoms with E-state index in [-0.39, 0.29) is 69.5 Å². The van der Waals surface area contributed by atoms with Gasteiger partial charge in [-0.2, -0.15) is 0 Å². The van der Waals surface area contributed by atoms with E-state index in [0.717, 1.165) is 11.3 Å². The van der Waals surface area contributed by atoms with E-state index in [9.17, 15) is 39.4 Å². The van der Waals surface area contributed by atoms with Crippen LogP contribution in [-0.4, -0.2) is 79.6 Å². The summed E-state index contributed by atoms with van der Waals surface area (Å²) in [5.74, 6) is -0.764. The van der Waals surface area contributed by atoms with Crippen molar-refractivity contribution in [3.8, 4) is 0 Å². The van der Waals surface area contributed by atoms with Gasteiger partial charge >= 0.3 is 0 Å². The molecule has 2 fully saturated rings. The fourth-order valence-corrected chi connectivity index (χ4v) is 7.02. The summed E-state index contributed by atoms with van der Waals surface area (Å²) in [4.78, 5) is 68.2. The third-order valence-electron chi connectivity index (χ3n) is 10.2. The monoisotopic (exact) mass is 792 g/mol. The summed E-state index contributed by atoms with van der Waals surface area (Å²) in [5.41, 5.74) is -0.701. The van der Waals surface area contributed by atoms with Gasteiger partial charge in [-0.05, 0) is 72.8 Å². The molecule has 0 bridgehead atoms.